The number of ether oxygens (including phenoxy) is 1. The highest BCUT2D eigenvalue weighted by atomic mass is 17.1. The predicted octanol–water partition coefficient (Wildman–Crippen LogP) is 1.23. The summed E-state index contributed by atoms with van der Waals surface area (Å²) >= 11 is 0. The number of hydrogen-bond donors (Lipinski definition) is 0. The molecule has 0 spiro atoms. The van der Waals surface area contributed by atoms with Gasteiger partial charge in [-0.3, -0.25) is 0 Å². The van der Waals surface area contributed by atoms with Crippen LogP contribution in [0.1, 0.15) is 19.3 Å². The highest BCUT2D eigenvalue weighted by Gasteiger charge is 2.37. The van der Waals surface area contributed by atoms with Crippen LogP contribution in [0.15, 0.2) is 11.6 Å². The molecule has 0 N–H and O–H groups in total. The third-order valence-electron chi connectivity index (χ3n) is 2.24. The molecule has 61 valence electrons. The van der Waals surface area contributed by atoms with E-state index in [4.69, 9.17) is 4.74 Å². The molecule has 0 aromatic heterocycles. The minimum atomic E-state index is -0.294. The second-order valence-corrected chi connectivity index (χ2v) is 3.06. The van der Waals surface area contributed by atoms with Crippen molar-refractivity contribution in [1.29, 1.82) is 0 Å². The molecule has 0 saturated carbocycles. The summed E-state index contributed by atoms with van der Waals surface area (Å²) in [6.45, 7) is 0.685. The Labute approximate surface area is 65.5 Å². The fourth-order valence-electron chi connectivity index (χ4n) is 1.55. The average Bonchev–Trinajstić information content (AvgIpc) is 2.68. The van der Waals surface area contributed by atoms with Crippen LogP contribution < -0.4 is 0 Å². The van der Waals surface area contributed by atoms with Crippen LogP contribution in [0.3, 0.4) is 0 Å². The van der Waals surface area contributed by atoms with Crippen LogP contribution in [0.2, 0.25) is 0 Å². The SMILES string of the molecule is [O]OC(C1=CCCC1)C1CO1. The van der Waals surface area contributed by atoms with E-state index in [2.05, 4.69) is 11.0 Å². The monoisotopic (exact) mass is 155 g/mol. The van der Waals surface area contributed by atoms with Crippen LogP contribution in [0, 0.1) is 0 Å². The molecule has 1 aliphatic heterocycles. The van der Waals surface area contributed by atoms with Gasteiger partial charge in [-0.2, -0.15) is 4.89 Å². The first-order chi connectivity index (χ1) is 5.42. The van der Waals surface area contributed by atoms with Gasteiger partial charge in [0, 0.05) is 0 Å². The maximum atomic E-state index is 10.3. The fourth-order valence-corrected chi connectivity index (χ4v) is 1.55. The van der Waals surface area contributed by atoms with E-state index < -0.39 is 0 Å². The minimum absolute atomic E-state index is 0.0526. The van der Waals surface area contributed by atoms with Crippen molar-refractivity contribution in [3.63, 3.8) is 0 Å². The van der Waals surface area contributed by atoms with Crippen LogP contribution in [-0.4, -0.2) is 18.8 Å². The van der Waals surface area contributed by atoms with Crippen LogP contribution in [0.4, 0.5) is 0 Å². The summed E-state index contributed by atoms with van der Waals surface area (Å²) in [5.41, 5.74) is 1.14. The van der Waals surface area contributed by atoms with Crippen LogP contribution >= 0.6 is 0 Å². The van der Waals surface area contributed by atoms with Gasteiger partial charge in [0.15, 0.2) is 0 Å². The summed E-state index contributed by atoms with van der Waals surface area (Å²) < 4.78 is 5.01. The number of epoxide rings is 1. The summed E-state index contributed by atoms with van der Waals surface area (Å²) in [5, 5.41) is 10.3. The van der Waals surface area contributed by atoms with Gasteiger partial charge in [-0.25, -0.2) is 0 Å². The second-order valence-electron chi connectivity index (χ2n) is 3.06. The van der Waals surface area contributed by atoms with Gasteiger partial charge in [0.05, 0.1) is 6.61 Å². The van der Waals surface area contributed by atoms with Gasteiger partial charge < -0.3 is 4.74 Å². The van der Waals surface area contributed by atoms with Crippen molar-refractivity contribution in [2.45, 2.75) is 31.5 Å². The summed E-state index contributed by atoms with van der Waals surface area (Å²) in [6, 6.07) is 0. The highest BCUT2D eigenvalue weighted by Crippen LogP contribution is 2.29. The zero-order chi connectivity index (χ0) is 7.68. The van der Waals surface area contributed by atoms with Crippen molar-refractivity contribution in [1.82, 2.24) is 0 Å². The maximum absolute atomic E-state index is 10.3. The zero-order valence-electron chi connectivity index (χ0n) is 6.29. The smallest absolute Gasteiger partial charge is 0.146 e. The van der Waals surface area contributed by atoms with Crippen LogP contribution in [0.5, 0.6) is 0 Å². The standard InChI is InChI=1S/C8H11O3/c9-11-8(7-5-10-7)6-3-1-2-4-6/h3,7-8H,1-2,4-5H2. The van der Waals surface area contributed by atoms with Crippen LogP contribution in [0.25, 0.3) is 0 Å². The Morgan fingerprint density at radius 3 is 3.00 bits per heavy atom. The summed E-state index contributed by atoms with van der Waals surface area (Å²) in [5.74, 6) is 0. The number of hydrogen-bond acceptors (Lipinski definition) is 2. The molecule has 1 aliphatic carbocycles. The van der Waals surface area contributed by atoms with E-state index >= 15 is 0 Å². The van der Waals surface area contributed by atoms with Gasteiger partial charge >= 0.3 is 0 Å². The van der Waals surface area contributed by atoms with E-state index in [1.165, 1.54) is 0 Å². The summed E-state index contributed by atoms with van der Waals surface area (Å²) in [4.78, 5) is 4.11. The minimum Gasteiger partial charge on any atom is -0.370 e. The quantitative estimate of drug-likeness (QED) is 0.266. The van der Waals surface area contributed by atoms with Gasteiger partial charge in [-0.05, 0) is 30.1 Å². The highest BCUT2D eigenvalue weighted by molar-refractivity contribution is 5.16. The fraction of sp³-hybridized carbons (Fsp3) is 0.750. The summed E-state index contributed by atoms with van der Waals surface area (Å²) in [7, 11) is 0. The Morgan fingerprint density at radius 2 is 2.55 bits per heavy atom. The van der Waals surface area contributed by atoms with Crippen molar-refractivity contribution in [3.8, 4) is 0 Å². The van der Waals surface area contributed by atoms with Crippen molar-refractivity contribution in [2.75, 3.05) is 6.61 Å². The van der Waals surface area contributed by atoms with Crippen molar-refractivity contribution < 1.29 is 14.9 Å². The molecule has 3 nitrogen and oxygen atoms in total. The lowest BCUT2D eigenvalue weighted by Gasteiger charge is -2.09. The topological polar surface area (TPSA) is 41.7 Å². The second kappa shape index (κ2) is 2.93. The van der Waals surface area contributed by atoms with E-state index in [9.17, 15) is 5.26 Å². The Balaban J connectivity index is 1.98. The molecule has 2 unspecified atom stereocenters. The first-order valence-corrected chi connectivity index (χ1v) is 4.01. The zero-order valence-corrected chi connectivity index (χ0v) is 6.29. The molecular weight excluding hydrogens is 144 g/mol. The van der Waals surface area contributed by atoms with Crippen molar-refractivity contribution >= 4 is 0 Å². The lowest BCUT2D eigenvalue weighted by Crippen LogP contribution is -2.19. The molecule has 0 aromatic rings. The molecular formula is C8H11O3. The molecule has 0 aromatic carbocycles. The Morgan fingerprint density at radius 1 is 1.73 bits per heavy atom. The van der Waals surface area contributed by atoms with Crippen LogP contribution in [-0.2, 0) is 14.9 Å². The maximum Gasteiger partial charge on any atom is 0.146 e. The molecule has 11 heavy (non-hydrogen) atoms. The number of rotatable bonds is 3. The molecule has 0 bridgehead atoms. The van der Waals surface area contributed by atoms with Gasteiger partial charge in [-0.15, -0.1) is 0 Å². The van der Waals surface area contributed by atoms with Crippen molar-refractivity contribution in [2.24, 2.45) is 0 Å². The molecule has 0 amide bonds. The van der Waals surface area contributed by atoms with E-state index in [-0.39, 0.29) is 12.2 Å². The van der Waals surface area contributed by atoms with Gasteiger partial charge in [-0.1, -0.05) is 6.08 Å². The van der Waals surface area contributed by atoms with E-state index in [0.717, 1.165) is 24.8 Å². The first kappa shape index (κ1) is 7.28. The Kier molecular flexibility index (Phi) is 1.94. The average molecular weight is 155 g/mol. The van der Waals surface area contributed by atoms with Gasteiger partial charge in [0.2, 0.25) is 0 Å². The molecule has 2 aliphatic rings. The Bertz CT molecular complexity index is 172. The molecule has 3 heteroatoms. The molecule has 1 saturated heterocycles. The van der Waals surface area contributed by atoms with E-state index in [1.54, 1.807) is 0 Å². The predicted molar refractivity (Wildman–Crippen MR) is 37.2 cm³/mol. The van der Waals surface area contributed by atoms with Gasteiger partial charge in [0.1, 0.15) is 12.2 Å². The van der Waals surface area contributed by atoms with E-state index in [1.807, 2.05) is 0 Å². The van der Waals surface area contributed by atoms with Crippen molar-refractivity contribution in [3.05, 3.63) is 11.6 Å². The largest absolute Gasteiger partial charge is 0.370 e. The third-order valence-corrected chi connectivity index (χ3v) is 2.24. The molecule has 1 heterocycles. The lowest BCUT2D eigenvalue weighted by atomic mass is 10.1. The summed E-state index contributed by atoms with van der Waals surface area (Å²) in [6.07, 6.45) is 5.11. The molecule has 2 rings (SSSR count). The first-order valence-electron chi connectivity index (χ1n) is 4.01. The molecule has 1 fully saturated rings. The van der Waals surface area contributed by atoms with E-state index in [0.29, 0.717) is 6.61 Å². The number of allylic oxidation sites excluding steroid dienone is 1. The van der Waals surface area contributed by atoms with Gasteiger partial charge in [0.25, 0.3) is 0 Å². The molecule has 2 atom stereocenters. The molecule has 1 radical (unpaired) electrons. The Hall–Kier alpha value is -0.380. The normalized spacial score (nSPS) is 31.7. The lowest BCUT2D eigenvalue weighted by molar-refractivity contribution is -0.329. The third kappa shape index (κ3) is 1.45.